The Hall–Kier alpha value is -0.820. The zero-order valence-corrected chi connectivity index (χ0v) is 12.0. The minimum Gasteiger partial charge on any atom is -0.374 e. The van der Waals surface area contributed by atoms with Gasteiger partial charge < -0.3 is 4.74 Å². The van der Waals surface area contributed by atoms with Crippen LogP contribution in [0.4, 0.5) is 0 Å². The van der Waals surface area contributed by atoms with Crippen molar-refractivity contribution in [3.63, 3.8) is 0 Å². The summed E-state index contributed by atoms with van der Waals surface area (Å²) < 4.78 is 5.98. The standard InChI is InChI=1S/C17H28O/c1-3-5-6-7-11-14-17(4-2)18-15-16-12-9-8-10-13-16/h8-10,12-13,17H,3-7,11,14-15H2,1-2H3. The predicted octanol–water partition coefficient (Wildman–Crippen LogP) is 5.34. The highest BCUT2D eigenvalue weighted by Crippen LogP contribution is 2.13. The van der Waals surface area contributed by atoms with Crippen LogP contribution in [0.5, 0.6) is 0 Å². The van der Waals surface area contributed by atoms with E-state index in [1.165, 1.54) is 44.1 Å². The fourth-order valence-electron chi connectivity index (χ4n) is 2.17. The normalized spacial score (nSPS) is 12.6. The van der Waals surface area contributed by atoms with Gasteiger partial charge in [0.15, 0.2) is 0 Å². The summed E-state index contributed by atoms with van der Waals surface area (Å²) in [5.74, 6) is 0. The van der Waals surface area contributed by atoms with Crippen molar-refractivity contribution in [3.05, 3.63) is 35.9 Å². The van der Waals surface area contributed by atoms with Crippen molar-refractivity contribution in [2.75, 3.05) is 0 Å². The number of benzene rings is 1. The first-order chi connectivity index (χ1) is 8.86. The van der Waals surface area contributed by atoms with Gasteiger partial charge in [0.1, 0.15) is 0 Å². The van der Waals surface area contributed by atoms with Gasteiger partial charge in [0.05, 0.1) is 12.7 Å². The number of rotatable bonds is 10. The second-order valence-electron chi connectivity index (χ2n) is 5.03. The third-order valence-corrected chi connectivity index (χ3v) is 3.41. The molecule has 1 rings (SSSR count). The van der Waals surface area contributed by atoms with Crippen molar-refractivity contribution < 1.29 is 4.74 Å². The van der Waals surface area contributed by atoms with Crippen LogP contribution in [0.15, 0.2) is 30.3 Å². The van der Waals surface area contributed by atoms with Crippen LogP contribution >= 0.6 is 0 Å². The van der Waals surface area contributed by atoms with E-state index in [2.05, 4.69) is 44.2 Å². The van der Waals surface area contributed by atoms with Gasteiger partial charge in [-0.05, 0) is 18.4 Å². The summed E-state index contributed by atoms with van der Waals surface area (Å²) >= 11 is 0. The lowest BCUT2D eigenvalue weighted by molar-refractivity contribution is 0.0309. The van der Waals surface area contributed by atoms with Crippen molar-refractivity contribution in [3.8, 4) is 0 Å². The second-order valence-corrected chi connectivity index (χ2v) is 5.03. The van der Waals surface area contributed by atoms with Gasteiger partial charge in [0, 0.05) is 0 Å². The van der Waals surface area contributed by atoms with Crippen molar-refractivity contribution in [2.24, 2.45) is 0 Å². The first-order valence-corrected chi connectivity index (χ1v) is 7.52. The zero-order valence-electron chi connectivity index (χ0n) is 12.0. The van der Waals surface area contributed by atoms with Gasteiger partial charge >= 0.3 is 0 Å². The Morgan fingerprint density at radius 2 is 1.67 bits per heavy atom. The SMILES string of the molecule is CCCCCCCC(CC)OCc1ccccc1. The van der Waals surface area contributed by atoms with Crippen molar-refractivity contribution in [2.45, 2.75) is 71.5 Å². The van der Waals surface area contributed by atoms with Crippen LogP contribution in [0.25, 0.3) is 0 Å². The van der Waals surface area contributed by atoms with E-state index in [0.717, 1.165) is 13.0 Å². The monoisotopic (exact) mass is 248 g/mol. The fourth-order valence-corrected chi connectivity index (χ4v) is 2.17. The van der Waals surface area contributed by atoms with Gasteiger partial charge in [-0.3, -0.25) is 0 Å². The summed E-state index contributed by atoms with van der Waals surface area (Å²) in [6.07, 6.45) is 9.53. The van der Waals surface area contributed by atoms with Crippen molar-refractivity contribution >= 4 is 0 Å². The summed E-state index contributed by atoms with van der Waals surface area (Å²) in [5, 5.41) is 0. The molecule has 102 valence electrons. The topological polar surface area (TPSA) is 9.23 Å². The Bertz CT molecular complexity index is 281. The van der Waals surface area contributed by atoms with Crippen LogP contribution in [-0.2, 0) is 11.3 Å². The van der Waals surface area contributed by atoms with Crippen LogP contribution in [0.2, 0.25) is 0 Å². The lowest BCUT2D eigenvalue weighted by Gasteiger charge is -2.16. The van der Waals surface area contributed by atoms with E-state index in [1.807, 2.05) is 0 Å². The molecule has 0 aromatic heterocycles. The molecule has 0 saturated heterocycles. The zero-order chi connectivity index (χ0) is 13.1. The molecule has 0 fully saturated rings. The number of ether oxygens (including phenoxy) is 1. The van der Waals surface area contributed by atoms with Gasteiger partial charge in [0.25, 0.3) is 0 Å². The Morgan fingerprint density at radius 1 is 0.944 bits per heavy atom. The number of hydrogen-bond acceptors (Lipinski definition) is 1. The van der Waals surface area contributed by atoms with Crippen molar-refractivity contribution in [1.29, 1.82) is 0 Å². The van der Waals surface area contributed by atoms with E-state index in [1.54, 1.807) is 0 Å². The lowest BCUT2D eigenvalue weighted by Crippen LogP contribution is -2.11. The van der Waals surface area contributed by atoms with E-state index in [-0.39, 0.29) is 0 Å². The molecule has 1 nitrogen and oxygen atoms in total. The smallest absolute Gasteiger partial charge is 0.0720 e. The maximum Gasteiger partial charge on any atom is 0.0720 e. The maximum absolute atomic E-state index is 5.98. The quantitative estimate of drug-likeness (QED) is 0.508. The molecule has 0 heterocycles. The Labute approximate surface area is 113 Å². The summed E-state index contributed by atoms with van der Waals surface area (Å²) in [7, 11) is 0. The number of unbranched alkanes of at least 4 members (excludes halogenated alkanes) is 4. The highest BCUT2D eigenvalue weighted by Gasteiger charge is 2.06. The predicted molar refractivity (Wildman–Crippen MR) is 78.7 cm³/mol. The van der Waals surface area contributed by atoms with Gasteiger partial charge in [-0.15, -0.1) is 0 Å². The van der Waals surface area contributed by atoms with Crippen LogP contribution in [0.3, 0.4) is 0 Å². The molecule has 0 radical (unpaired) electrons. The Morgan fingerprint density at radius 3 is 2.33 bits per heavy atom. The molecule has 0 bridgehead atoms. The average molecular weight is 248 g/mol. The van der Waals surface area contributed by atoms with E-state index in [4.69, 9.17) is 4.74 Å². The minimum atomic E-state index is 0.437. The fraction of sp³-hybridized carbons (Fsp3) is 0.647. The van der Waals surface area contributed by atoms with Crippen LogP contribution in [0, 0.1) is 0 Å². The molecular weight excluding hydrogens is 220 g/mol. The van der Waals surface area contributed by atoms with Crippen LogP contribution in [0.1, 0.15) is 64.4 Å². The van der Waals surface area contributed by atoms with Gasteiger partial charge in [-0.25, -0.2) is 0 Å². The lowest BCUT2D eigenvalue weighted by atomic mass is 10.1. The first-order valence-electron chi connectivity index (χ1n) is 7.52. The largest absolute Gasteiger partial charge is 0.374 e. The molecule has 0 amide bonds. The molecule has 0 spiro atoms. The van der Waals surface area contributed by atoms with E-state index < -0.39 is 0 Å². The third kappa shape index (κ3) is 6.80. The molecule has 0 aliphatic rings. The van der Waals surface area contributed by atoms with Crippen LogP contribution in [-0.4, -0.2) is 6.10 Å². The molecule has 1 aromatic rings. The minimum absolute atomic E-state index is 0.437. The Balaban J connectivity index is 2.13. The molecule has 1 atom stereocenters. The number of hydrogen-bond donors (Lipinski definition) is 0. The molecule has 1 unspecified atom stereocenters. The average Bonchev–Trinajstić information content (AvgIpc) is 2.43. The summed E-state index contributed by atoms with van der Waals surface area (Å²) in [6, 6.07) is 10.5. The van der Waals surface area contributed by atoms with E-state index >= 15 is 0 Å². The molecular formula is C17H28O. The van der Waals surface area contributed by atoms with E-state index in [0.29, 0.717) is 6.10 Å². The molecule has 0 saturated carbocycles. The van der Waals surface area contributed by atoms with Crippen LogP contribution < -0.4 is 0 Å². The molecule has 0 aliphatic heterocycles. The molecule has 18 heavy (non-hydrogen) atoms. The van der Waals surface area contributed by atoms with Crippen molar-refractivity contribution in [1.82, 2.24) is 0 Å². The maximum atomic E-state index is 5.98. The van der Waals surface area contributed by atoms with Gasteiger partial charge in [0.2, 0.25) is 0 Å². The van der Waals surface area contributed by atoms with E-state index in [9.17, 15) is 0 Å². The van der Waals surface area contributed by atoms with Gasteiger partial charge in [-0.1, -0.05) is 76.3 Å². The highest BCUT2D eigenvalue weighted by atomic mass is 16.5. The van der Waals surface area contributed by atoms with Gasteiger partial charge in [-0.2, -0.15) is 0 Å². The highest BCUT2D eigenvalue weighted by molar-refractivity contribution is 5.13. The first kappa shape index (κ1) is 15.2. The summed E-state index contributed by atoms with van der Waals surface area (Å²) in [6.45, 7) is 5.24. The molecule has 0 N–H and O–H groups in total. The molecule has 1 aromatic carbocycles. The second kappa shape index (κ2) is 10.1. The third-order valence-electron chi connectivity index (χ3n) is 3.41. The Kier molecular flexibility index (Phi) is 8.58. The summed E-state index contributed by atoms with van der Waals surface area (Å²) in [5.41, 5.74) is 1.28. The molecule has 0 aliphatic carbocycles. The molecule has 1 heteroatoms. The summed E-state index contributed by atoms with van der Waals surface area (Å²) in [4.78, 5) is 0.